The highest BCUT2D eigenvalue weighted by atomic mass is 16.2. The Balaban J connectivity index is 1.88. The predicted octanol–water partition coefficient (Wildman–Crippen LogP) is 0.883. The van der Waals surface area contributed by atoms with Crippen LogP contribution in [0.15, 0.2) is 47.4 Å². The van der Waals surface area contributed by atoms with Crippen molar-refractivity contribution in [3.05, 3.63) is 64.1 Å². The maximum Gasteiger partial charge on any atom is 0.261 e. The van der Waals surface area contributed by atoms with Crippen molar-refractivity contribution in [2.45, 2.75) is 13.3 Å². The fourth-order valence-electron chi connectivity index (χ4n) is 2.11. The van der Waals surface area contributed by atoms with Crippen LogP contribution in [0.5, 0.6) is 0 Å². The van der Waals surface area contributed by atoms with Gasteiger partial charge in [0.05, 0.1) is 0 Å². The Labute approximate surface area is 150 Å². The van der Waals surface area contributed by atoms with Crippen LogP contribution in [0.3, 0.4) is 0 Å². The number of amides is 3. The number of H-pyrrole nitrogens is 1. The molecule has 0 saturated carbocycles. The van der Waals surface area contributed by atoms with Crippen LogP contribution >= 0.6 is 0 Å². The normalized spacial score (nSPS) is 10.0. The molecule has 8 nitrogen and oxygen atoms in total. The molecule has 0 bridgehead atoms. The fraction of sp³-hybridized carbons (Fsp3) is 0.222. The lowest BCUT2D eigenvalue weighted by atomic mass is 10.2. The number of anilines is 1. The third-order valence-corrected chi connectivity index (χ3v) is 3.52. The Kier molecular flexibility index (Phi) is 6.67. The summed E-state index contributed by atoms with van der Waals surface area (Å²) in [5, 5.41) is 7.94. The van der Waals surface area contributed by atoms with E-state index in [0.717, 1.165) is 0 Å². The number of hydrogen-bond donors (Lipinski definition) is 4. The number of carbonyl (C=O) groups excluding carboxylic acids is 3. The minimum absolute atomic E-state index is 0.00319. The summed E-state index contributed by atoms with van der Waals surface area (Å²) < 4.78 is 0. The van der Waals surface area contributed by atoms with Gasteiger partial charge < -0.3 is 20.9 Å². The SMILES string of the molecule is CCC(=O)NCCNC(=O)c1ccc(NC(=O)c2ccc[nH]c2=O)cc1. The number of aromatic nitrogens is 1. The topological polar surface area (TPSA) is 120 Å². The van der Waals surface area contributed by atoms with Crippen LogP contribution in [0.2, 0.25) is 0 Å². The molecule has 8 heteroatoms. The van der Waals surface area contributed by atoms with E-state index in [0.29, 0.717) is 30.8 Å². The maximum absolute atomic E-state index is 12.1. The lowest BCUT2D eigenvalue weighted by Gasteiger charge is -2.08. The molecule has 2 rings (SSSR count). The van der Waals surface area contributed by atoms with Gasteiger partial charge in [-0.1, -0.05) is 6.92 Å². The number of nitrogens with one attached hydrogen (secondary N) is 4. The monoisotopic (exact) mass is 356 g/mol. The molecule has 0 unspecified atom stereocenters. The van der Waals surface area contributed by atoms with Crippen LogP contribution in [0.4, 0.5) is 5.69 Å². The Morgan fingerprint density at radius 1 is 0.962 bits per heavy atom. The molecule has 1 aromatic heterocycles. The highest BCUT2D eigenvalue weighted by Crippen LogP contribution is 2.10. The summed E-state index contributed by atoms with van der Waals surface area (Å²) in [6.07, 6.45) is 1.84. The van der Waals surface area contributed by atoms with E-state index in [1.807, 2.05) is 0 Å². The summed E-state index contributed by atoms with van der Waals surface area (Å²) in [6.45, 7) is 2.43. The fourth-order valence-corrected chi connectivity index (χ4v) is 2.11. The van der Waals surface area contributed by atoms with Crippen molar-refractivity contribution < 1.29 is 14.4 Å². The van der Waals surface area contributed by atoms with Crippen LogP contribution in [-0.4, -0.2) is 35.8 Å². The number of carbonyl (C=O) groups is 3. The van der Waals surface area contributed by atoms with Gasteiger partial charge in [-0.25, -0.2) is 0 Å². The van der Waals surface area contributed by atoms with E-state index in [1.54, 1.807) is 37.3 Å². The van der Waals surface area contributed by atoms with Crippen LogP contribution in [0.25, 0.3) is 0 Å². The second-order valence-electron chi connectivity index (χ2n) is 5.40. The molecule has 0 saturated heterocycles. The summed E-state index contributed by atoms with van der Waals surface area (Å²) in [6, 6.07) is 9.25. The summed E-state index contributed by atoms with van der Waals surface area (Å²) >= 11 is 0. The molecule has 26 heavy (non-hydrogen) atoms. The van der Waals surface area contributed by atoms with Crippen molar-refractivity contribution in [2.75, 3.05) is 18.4 Å². The molecule has 136 valence electrons. The van der Waals surface area contributed by atoms with Crippen LogP contribution in [-0.2, 0) is 4.79 Å². The maximum atomic E-state index is 12.1. The zero-order valence-corrected chi connectivity index (χ0v) is 14.3. The van der Waals surface area contributed by atoms with Crippen molar-refractivity contribution in [2.24, 2.45) is 0 Å². The lowest BCUT2D eigenvalue weighted by molar-refractivity contribution is -0.120. The molecule has 1 heterocycles. The summed E-state index contributed by atoms with van der Waals surface area (Å²) in [5.41, 5.74) is 0.409. The van der Waals surface area contributed by atoms with Gasteiger partial charge in [-0.15, -0.1) is 0 Å². The van der Waals surface area contributed by atoms with E-state index in [4.69, 9.17) is 0 Å². The van der Waals surface area contributed by atoms with Gasteiger partial charge in [0.15, 0.2) is 0 Å². The van der Waals surface area contributed by atoms with Gasteiger partial charge in [0.1, 0.15) is 5.56 Å². The molecule has 0 radical (unpaired) electrons. The minimum atomic E-state index is -0.532. The van der Waals surface area contributed by atoms with Gasteiger partial charge in [-0.3, -0.25) is 19.2 Å². The summed E-state index contributed by atoms with van der Waals surface area (Å²) in [7, 11) is 0. The summed E-state index contributed by atoms with van der Waals surface area (Å²) in [5.74, 6) is -0.888. The minimum Gasteiger partial charge on any atom is -0.354 e. The van der Waals surface area contributed by atoms with Gasteiger partial charge >= 0.3 is 0 Å². The molecular formula is C18H20N4O4. The molecule has 0 spiro atoms. The highest BCUT2D eigenvalue weighted by molar-refractivity contribution is 6.04. The number of rotatable bonds is 7. The van der Waals surface area contributed by atoms with Gasteiger partial charge in [0.2, 0.25) is 5.91 Å². The average molecular weight is 356 g/mol. The third kappa shape index (κ3) is 5.30. The molecule has 3 amide bonds. The predicted molar refractivity (Wildman–Crippen MR) is 97.1 cm³/mol. The van der Waals surface area contributed by atoms with Gasteiger partial charge in [-0.2, -0.15) is 0 Å². The first kappa shape index (κ1) is 18.9. The molecule has 4 N–H and O–H groups in total. The zero-order valence-electron chi connectivity index (χ0n) is 14.3. The lowest BCUT2D eigenvalue weighted by Crippen LogP contribution is -2.34. The van der Waals surface area contributed by atoms with Crippen LogP contribution in [0, 0.1) is 0 Å². The molecule has 0 aliphatic rings. The van der Waals surface area contributed by atoms with Crippen molar-refractivity contribution in [3.8, 4) is 0 Å². The first-order valence-electron chi connectivity index (χ1n) is 8.15. The quantitative estimate of drug-likeness (QED) is 0.551. The number of benzene rings is 1. The van der Waals surface area contributed by atoms with Crippen molar-refractivity contribution in [1.82, 2.24) is 15.6 Å². The van der Waals surface area contributed by atoms with Crippen molar-refractivity contribution in [1.29, 1.82) is 0 Å². The van der Waals surface area contributed by atoms with E-state index >= 15 is 0 Å². The van der Waals surface area contributed by atoms with Crippen LogP contribution < -0.4 is 21.5 Å². The van der Waals surface area contributed by atoms with E-state index in [2.05, 4.69) is 20.9 Å². The Hall–Kier alpha value is -3.42. The van der Waals surface area contributed by atoms with E-state index < -0.39 is 11.5 Å². The zero-order chi connectivity index (χ0) is 18.9. The number of aromatic amines is 1. The molecule has 2 aromatic rings. The van der Waals surface area contributed by atoms with Gasteiger partial charge in [-0.05, 0) is 36.4 Å². The largest absolute Gasteiger partial charge is 0.354 e. The van der Waals surface area contributed by atoms with Crippen molar-refractivity contribution >= 4 is 23.4 Å². The van der Waals surface area contributed by atoms with Crippen LogP contribution in [0.1, 0.15) is 34.1 Å². The number of hydrogen-bond acceptors (Lipinski definition) is 4. The Morgan fingerprint density at radius 3 is 2.31 bits per heavy atom. The van der Waals surface area contributed by atoms with Gasteiger partial charge in [0.25, 0.3) is 17.4 Å². The van der Waals surface area contributed by atoms with E-state index in [9.17, 15) is 19.2 Å². The standard InChI is InChI=1S/C18H20N4O4/c1-2-15(23)19-10-11-21-16(24)12-5-7-13(8-6-12)22-18(26)14-4-3-9-20-17(14)25/h3-9H,2,10-11H2,1H3,(H,19,23)(H,20,25)(H,21,24)(H,22,26). The molecule has 0 aliphatic heterocycles. The Bertz CT molecular complexity index is 843. The Morgan fingerprint density at radius 2 is 1.65 bits per heavy atom. The highest BCUT2D eigenvalue weighted by Gasteiger charge is 2.10. The average Bonchev–Trinajstić information content (AvgIpc) is 2.65. The number of pyridine rings is 1. The summed E-state index contributed by atoms with van der Waals surface area (Å²) in [4.78, 5) is 49.2. The second-order valence-corrected chi connectivity index (χ2v) is 5.40. The first-order valence-corrected chi connectivity index (χ1v) is 8.15. The molecular weight excluding hydrogens is 336 g/mol. The van der Waals surface area contributed by atoms with Gasteiger partial charge in [0, 0.05) is 37.0 Å². The molecule has 0 atom stereocenters. The smallest absolute Gasteiger partial charge is 0.261 e. The third-order valence-electron chi connectivity index (χ3n) is 3.52. The molecule has 0 aliphatic carbocycles. The van der Waals surface area contributed by atoms with E-state index in [-0.39, 0.29) is 17.4 Å². The molecule has 1 aromatic carbocycles. The van der Waals surface area contributed by atoms with E-state index in [1.165, 1.54) is 12.3 Å². The first-order chi connectivity index (χ1) is 12.5. The molecule has 0 fully saturated rings. The van der Waals surface area contributed by atoms with Crippen molar-refractivity contribution in [3.63, 3.8) is 0 Å². The second kappa shape index (κ2) is 9.16.